The van der Waals surface area contributed by atoms with Crippen molar-refractivity contribution >= 4 is 17.7 Å². The molecule has 5 heteroatoms. The van der Waals surface area contributed by atoms with Crippen molar-refractivity contribution in [3.8, 4) is 5.75 Å². The van der Waals surface area contributed by atoms with Crippen LogP contribution in [0.1, 0.15) is 44.1 Å². The molecular weight excluding hydrogens is 248 g/mol. The first kappa shape index (κ1) is 16.8. The maximum absolute atomic E-state index is 11.3. The van der Waals surface area contributed by atoms with E-state index in [9.17, 15) is 14.4 Å². The molecule has 0 N–H and O–H groups in total. The molecule has 0 saturated carbocycles. The number of Topliss-reactive ketones (excluding diaryl/α,β-unsaturated/α-hetero) is 1. The largest absolute Gasteiger partial charge is 0.461 e. The molecule has 1 rings (SSSR count). The first-order chi connectivity index (χ1) is 8.40. The smallest absolute Gasteiger partial charge is 0.308 e. The van der Waals surface area contributed by atoms with Crippen molar-refractivity contribution in [3.05, 3.63) is 29.3 Å². The van der Waals surface area contributed by atoms with E-state index in [4.69, 9.17) is 9.47 Å². The van der Waals surface area contributed by atoms with Crippen LogP contribution in [0.4, 0.5) is 0 Å². The zero-order valence-electron chi connectivity index (χ0n) is 10.5. The van der Waals surface area contributed by atoms with Crippen LogP contribution in [0.3, 0.4) is 0 Å². The summed E-state index contributed by atoms with van der Waals surface area (Å²) in [6.07, 6.45) is 0. The zero-order chi connectivity index (χ0) is 13.7. The van der Waals surface area contributed by atoms with Crippen LogP contribution in [-0.4, -0.2) is 17.7 Å². The minimum Gasteiger partial charge on any atom is -0.461 e. The van der Waals surface area contributed by atoms with E-state index in [0.717, 1.165) is 0 Å². The Morgan fingerprint density at radius 1 is 1.05 bits per heavy atom. The first-order valence-electron chi connectivity index (χ1n) is 5.36. The molecule has 0 fully saturated rings. The number of hydrogen-bond acceptors (Lipinski definition) is 5. The molecule has 0 amide bonds. The lowest BCUT2D eigenvalue weighted by atomic mass is 10.1. The third-order valence-electron chi connectivity index (χ3n) is 2.15. The summed E-state index contributed by atoms with van der Waals surface area (Å²) in [7, 11) is 0. The number of ether oxygens (including phenoxy) is 2. The highest BCUT2D eigenvalue weighted by atomic mass is 16.5. The van der Waals surface area contributed by atoms with Gasteiger partial charge < -0.3 is 9.47 Å². The highest BCUT2D eigenvalue weighted by Crippen LogP contribution is 2.22. The summed E-state index contributed by atoms with van der Waals surface area (Å²) >= 11 is 0. The molecule has 19 heavy (non-hydrogen) atoms. The van der Waals surface area contributed by atoms with Crippen molar-refractivity contribution in [3.63, 3.8) is 0 Å². The molecule has 0 aliphatic carbocycles. The van der Waals surface area contributed by atoms with E-state index in [0.29, 0.717) is 11.1 Å². The first-order valence-corrected chi connectivity index (χ1v) is 5.36. The van der Waals surface area contributed by atoms with Gasteiger partial charge in [-0.15, -0.1) is 0 Å². The summed E-state index contributed by atoms with van der Waals surface area (Å²) in [5, 5.41) is 0. The third-order valence-corrected chi connectivity index (χ3v) is 2.15. The summed E-state index contributed by atoms with van der Waals surface area (Å²) in [6, 6.07) is 4.61. The van der Waals surface area contributed by atoms with Gasteiger partial charge in [-0.05, 0) is 25.1 Å². The number of benzene rings is 1. The minimum absolute atomic E-state index is 0. The molecule has 104 valence electrons. The number of hydrogen-bond donors (Lipinski definition) is 0. The number of carbonyl (C=O) groups excluding carboxylic acids is 3. The fourth-order valence-electron chi connectivity index (χ4n) is 1.35. The van der Waals surface area contributed by atoms with Crippen LogP contribution in [0.25, 0.3) is 0 Å². The molecule has 1 aromatic carbocycles. The van der Waals surface area contributed by atoms with Gasteiger partial charge in [-0.2, -0.15) is 0 Å². The van der Waals surface area contributed by atoms with E-state index in [1.165, 1.54) is 26.8 Å². The SMILES string of the molecule is C.CC(=O)OCc1cc(C(C)=O)ccc1OC(C)=O. The highest BCUT2D eigenvalue weighted by Gasteiger charge is 2.11. The predicted molar refractivity (Wildman–Crippen MR) is 70.0 cm³/mol. The Labute approximate surface area is 112 Å². The molecule has 0 spiro atoms. The predicted octanol–water partition coefficient (Wildman–Crippen LogP) is 2.51. The maximum atomic E-state index is 11.3. The number of ketones is 1. The van der Waals surface area contributed by atoms with Crippen molar-refractivity contribution in [1.29, 1.82) is 0 Å². The Morgan fingerprint density at radius 3 is 2.16 bits per heavy atom. The summed E-state index contributed by atoms with van der Waals surface area (Å²) < 4.78 is 9.81. The van der Waals surface area contributed by atoms with Gasteiger partial charge in [0.1, 0.15) is 12.4 Å². The molecule has 5 nitrogen and oxygen atoms in total. The van der Waals surface area contributed by atoms with Crippen molar-refractivity contribution in [2.24, 2.45) is 0 Å². The fourth-order valence-corrected chi connectivity index (χ4v) is 1.35. The molecule has 0 heterocycles. The van der Waals surface area contributed by atoms with Crippen LogP contribution in [0.5, 0.6) is 5.75 Å². The average Bonchev–Trinajstić information content (AvgIpc) is 2.26. The van der Waals surface area contributed by atoms with Crippen LogP contribution in [0, 0.1) is 0 Å². The van der Waals surface area contributed by atoms with E-state index in [1.807, 2.05) is 0 Å². The van der Waals surface area contributed by atoms with Gasteiger partial charge in [0.2, 0.25) is 0 Å². The summed E-state index contributed by atoms with van der Waals surface area (Å²) in [6.45, 7) is 3.93. The molecule has 0 aliphatic rings. The topological polar surface area (TPSA) is 69.7 Å². The van der Waals surface area contributed by atoms with Gasteiger partial charge in [0.05, 0.1) is 0 Å². The van der Waals surface area contributed by atoms with Gasteiger partial charge in [-0.1, -0.05) is 7.43 Å². The molecule has 0 aromatic heterocycles. The van der Waals surface area contributed by atoms with E-state index >= 15 is 0 Å². The van der Waals surface area contributed by atoms with E-state index in [-0.39, 0.29) is 25.6 Å². The summed E-state index contributed by atoms with van der Waals surface area (Å²) in [5.74, 6) is -0.756. The minimum atomic E-state index is -0.477. The van der Waals surface area contributed by atoms with Crippen molar-refractivity contribution < 1.29 is 23.9 Å². The maximum Gasteiger partial charge on any atom is 0.308 e. The quantitative estimate of drug-likeness (QED) is 0.476. The Morgan fingerprint density at radius 2 is 1.68 bits per heavy atom. The molecule has 1 aromatic rings. The molecule has 0 radical (unpaired) electrons. The number of rotatable bonds is 4. The molecule has 0 atom stereocenters. The molecule has 0 aliphatic heterocycles. The van der Waals surface area contributed by atoms with Crippen LogP contribution in [0.2, 0.25) is 0 Å². The van der Waals surface area contributed by atoms with Crippen LogP contribution >= 0.6 is 0 Å². The van der Waals surface area contributed by atoms with Crippen molar-refractivity contribution in [1.82, 2.24) is 0 Å². The van der Waals surface area contributed by atoms with Crippen molar-refractivity contribution in [2.45, 2.75) is 34.8 Å². The molecule has 0 saturated heterocycles. The Balaban J connectivity index is 0.00000324. The molecule has 0 bridgehead atoms. The Kier molecular flexibility index (Phi) is 6.47. The second kappa shape index (κ2) is 7.31. The van der Waals surface area contributed by atoms with Crippen LogP contribution < -0.4 is 4.74 Å². The van der Waals surface area contributed by atoms with Gasteiger partial charge in [-0.3, -0.25) is 14.4 Å². The van der Waals surface area contributed by atoms with E-state index in [1.54, 1.807) is 12.1 Å². The highest BCUT2D eigenvalue weighted by molar-refractivity contribution is 5.94. The monoisotopic (exact) mass is 266 g/mol. The standard InChI is InChI=1S/C13H14O5.CH4/c1-8(14)11-4-5-13(18-10(3)16)12(6-11)7-17-9(2)15;/h4-6H,7H2,1-3H3;1H4. The van der Waals surface area contributed by atoms with Gasteiger partial charge in [0, 0.05) is 25.0 Å². The van der Waals surface area contributed by atoms with Gasteiger partial charge >= 0.3 is 11.9 Å². The Bertz CT molecular complexity index is 491. The van der Waals surface area contributed by atoms with Crippen molar-refractivity contribution in [2.75, 3.05) is 0 Å². The van der Waals surface area contributed by atoms with E-state index in [2.05, 4.69) is 0 Å². The molecule has 0 unspecified atom stereocenters. The zero-order valence-corrected chi connectivity index (χ0v) is 10.5. The second-order valence-corrected chi connectivity index (χ2v) is 3.75. The van der Waals surface area contributed by atoms with Gasteiger partial charge in [-0.25, -0.2) is 0 Å². The Hall–Kier alpha value is -2.17. The van der Waals surface area contributed by atoms with Crippen LogP contribution in [-0.2, 0) is 20.9 Å². The summed E-state index contributed by atoms with van der Waals surface area (Å²) in [4.78, 5) is 33.0. The number of esters is 2. The van der Waals surface area contributed by atoms with Gasteiger partial charge in [0.15, 0.2) is 5.78 Å². The third kappa shape index (κ3) is 5.33. The lowest BCUT2D eigenvalue weighted by Gasteiger charge is -2.10. The van der Waals surface area contributed by atoms with E-state index < -0.39 is 11.9 Å². The second-order valence-electron chi connectivity index (χ2n) is 3.75. The number of carbonyl (C=O) groups is 3. The molecular formula is C14H18O5. The lowest BCUT2D eigenvalue weighted by molar-refractivity contribution is -0.142. The average molecular weight is 266 g/mol. The lowest BCUT2D eigenvalue weighted by Crippen LogP contribution is -2.07. The summed E-state index contributed by atoms with van der Waals surface area (Å²) in [5.41, 5.74) is 0.946. The normalized spacial score (nSPS) is 9.21. The van der Waals surface area contributed by atoms with Crippen LogP contribution in [0.15, 0.2) is 18.2 Å². The van der Waals surface area contributed by atoms with Gasteiger partial charge in [0.25, 0.3) is 0 Å². The fraction of sp³-hybridized carbons (Fsp3) is 0.357.